The van der Waals surface area contributed by atoms with Gasteiger partial charge in [-0.2, -0.15) is 0 Å². The van der Waals surface area contributed by atoms with Gasteiger partial charge in [-0.15, -0.1) is 0 Å². The molecular formula is C23H29N. The first-order chi connectivity index (χ1) is 11.6. The summed E-state index contributed by atoms with van der Waals surface area (Å²) in [4.78, 5) is 2.63. The van der Waals surface area contributed by atoms with Crippen molar-refractivity contribution in [2.75, 3.05) is 19.6 Å². The summed E-state index contributed by atoms with van der Waals surface area (Å²) in [7, 11) is 0. The Morgan fingerprint density at radius 1 is 0.917 bits per heavy atom. The number of aryl methyl sites for hydroxylation is 3. The quantitative estimate of drug-likeness (QED) is 0.737. The van der Waals surface area contributed by atoms with E-state index in [1.807, 2.05) is 0 Å². The summed E-state index contributed by atoms with van der Waals surface area (Å²) in [6.07, 6.45) is 1.32. The minimum atomic E-state index is 0.588. The smallest absolute Gasteiger partial charge is 0.0130 e. The summed E-state index contributed by atoms with van der Waals surface area (Å²) in [5, 5.41) is 0. The molecule has 126 valence electrons. The molecule has 2 aromatic carbocycles. The predicted octanol–water partition coefficient (Wildman–Crippen LogP) is 5.18. The highest BCUT2D eigenvalue weighted by Gasteiger charge is 2.44. The Bertz CT molecular complexity index is 761. The maximum absolute atomic E-state index is 2.63. The van der Waals surface area contributed by atoms with Crippen molar-refractivity contribution in [1.29, 1.82) is 0 Å². The van der Waals surface area contributed by atoms with Gasteiger partial charge in [-0.3, -0.25) is 0 Å². The van der Waals surface area contributed by atoms with E-state index >= 15 is 0 Å². The second kappa shape index (κ2) is 6.04. The molecule has 4 rings (SSSR count). The third-order valence-electron chi connectivity index (χ3n) is 6.36. The molecule has 0 unspecified atom stereocenters. The fourth-order valence-corrected chi connectivity index (χ4v) is 5.16. The van der Waals surface area contributed by atoms with Crippen molar-refractivity contribution in [2.45, 2.75) is 46.0 Å². The molecule has 2 aliphatic rings. The van der Waals surface area contributed by atoms with Crippen LogP contribution in [0.3, 0.4) is 0 Å². The lowest BCUT2D eigenvalue weighted by Gasteiger charge is -2.37. The molecule has 0 aromatic heterocycles. The van der Waals surface area contributed by atoms with Crippen molar-refractivity contribution in [1.82, 2.24) is 4.90 Å². The zero-order chi connectivity index (χ0) is 16.8. The molecule has 24 heavy (non-hydrogen) atoms. The summed E-state index contributed by atoms with van der Waals surface area (Å²) in [5.74, 6) is 2.07. The largest absolute Gasteiger partial charge is 0.303 e. The summed E-state index contributed by atoms with van der Waals surface area (Å²) < 4.78 is 0. The zero-order valence-electron chi connectivity index (χ0n) is 15.5. The monoisotopic (exact) mass is 319 g/mol. The number of nitrogens with zero attached hydrogens (tertiary/aromatic N) is 1. The van der Waals surface area contributed by atoms with Gasteiger partial charge in [0.15, 0.2) is 0 Å². The van der Waals surface area contributed by atoms with E-state index < -0.39 is 0 Å². The molecule has 1 nitrogen and oxygen atoms in total. The molecule has 1 aliphatic heterocycles. The van der Waals surface area contributed by atoms with Gasteiger partial charge in [0.2, 0.25) is 0 Å². The molecule has 0 spiro atoms. The molecular weight excluding hydrogens is 290 g/mol. The van der Waals surface area contributed by atoms with Crippen molar-refractivity contribution in [3.63, 3.8) is 0 Å². The molecule has 0 amide bonds. The Morgan fingerprint density at radius 3 is 2.33 bits per heavy atom. The highest BCUT2D eigenvalue weighted by molar-refractivity contribution is 5.50. The molecule has 0 radical (unpaired) electrons. The Hall–Kier alpha value is -1.60. The third kappa shape index (κ3) is 2.50. The van der Waals surface area contributed by atoms with Crippen molar-refractivity contribution in [3.8, 4) is 0 Å². The summed E-state index contributed by atoms with van der Waals surface area (Å²) in [6.45, 7) is 12.7. The Morgan fingerprint density at radius 2 is 1.62 bits per heavy atom. The van der Waals surface area contributed by atoms with Crippen molar-refractivity contribution < 1.29 is 0 Å². The topological polar surface area (TPSA) is 3.24 Å². The van der Waals surface area contributed by atoms with Crippen molar-refractivity contribution >= 4 is 0 Å². The molecule has 1 heterocycles. The predicted molar refractivity (Wildman–Crippen MR) is 102 cm³/mol. The van der Waals surface area contributed by atoms with Crippen molar-refractivity contribution in [2.24, 2.45) is 5.92 Å². The fourth-order valence-electron chi connectivity index (χ4n) is 5.16. The highest BCUT2D eigenvalue weighted by Crippen LogP contribution is 2.53. The van der Waals surface area contributed by atoms with Crippen LogP contribution in [0.4, 0.5) is 0 Å². The number of hydrogen-bond donors (Lipinski definition) is 0. The van der Waals surface area contributed by atoms with Gasteiger partial charge >= 0.3 is 0 Å². The van der Waals surface area contributed by atoms with Crippen LogP contribution in [0.5, 0.6) is 0 Å². The lowest BCUT2D eigenvalue weighted by molar-refractivity contribution is 0.167. The highest BCUT2D eigenvalue weighted by atomic mass is 15.1. The van der Waals surface area contributed by atoms with E-state index in [0.717, 1.165) is 5.92 Å². The van der Waals surface area contributed by atoms with Gasteiger partial charge in [-0.1, -0.05) is 54.4 Å². The van der Waals surface area contributed by atoms with E-state index in [4.69, 9.17) is 0 Å². The third-order valence-corrected chi connectivity index (χ3v) is 6.36. The van der Waals surface area contributed by atoms with Gasteiger partial charge in [0.25, 0.3) is 0 Å². The lowest BCUT2D eigenvalue weighted by atomic mass is 9.77. The SMILES string of the molecule is CCN1CC[C@H]2[C@@H](c3ccc(C)cc3C)c3cc(C)ccc3[C@H]2C1. The van der Waals surface area contributed by atoms with Gasteiger partial charge in [0.05, 0.1) is 0 Å². The molecule has 0 saturated carbocycles. The van der Waals surface area contributed by atoms with Crippen LogP contribution < -0.4 is 0 Å². The average Bonchev–Trinajstić information content (AvgIpc) is 2.87. The number of likely N-dealkylation sites (tertiary alicyclic amines) is 1. The second-order valence-corrected chi connectivity index (χ2v) is 7.92. The Balaban J connectivity index is 1.83. The Kier molecular flexibility index (Phi) is 4.00. The van der Waals surface area contributed by atoms with Crippen LogP contribution >= 0.6 is 0 Å². The van der Waals surface area contributed by atoms with Gasteiger partial charge in [0.1, 0.15) is 0 Å². The van der Waals surface area contributed by atoms with Crippen LogP contribution in [0.15, 0.2) is 36.4 Å². The second-order valence-electron chi connectivity index (χ2n) is 7.92. The molecule has 3 atom stereocenters. The van der Waals surface area contributed by atoms with E-state index in [1.165, 1.54) is 42.7 Å². The molecule has 1 fully saturated rings. The standard InChI is InChI=1S/C23H29N/c1-5-24-11-10-20-22(14-24)19-9-7-16(3)13-21(19)23(20)18-8-6-15(2)12-17(18)4/h6-9,12-13,20,22-23H,5,10-11,14H2,1-4H3/t20-,22-,23-/m1/s1. The average molecular weight is 319 g/mol. The lowest BCUT2D eigenvalue weighted by Crippen LogP contribution is -2.38. The molecule has 0 bridgehead atoms. The number of fused-ring (bicyclic) bond motifs is 3. The van der Waals surface area contributed by atoms with Crippen molar-refractivity contribution in [3.05, 3.63) is 69.8 Å². The maximum atomic E-state index is 2.63. The number of hydrogen-bond acceptors (Lipinski definition) is 1. The van der Waals surface area contributed by atoms with E-state index in [-0.39, 0.29) is 0 Å². The minimum Gasteiger partial charge on any atom is -0.303 e. The van der Waals surface area contributed by atoms with Crippen LogP contribution in [-0.2, 0) is 0 Å². The number of rotatable bonds is 2. The van der Waals surface area contributed by atoms with E-state index in [0.29, 0.717) is 11.8 Å². The summed E-state index contributed by atoms with van der Waals surface area (Å²) >= 11 is 0. The number of piperidine rings is 1. The minimum absolute atomic E-state index is 0.588. The summed E-state index contributed by atoms with van der Waals surface area (Å²) in [6, 6.07) is 14.3. The number of benzene rings is 2. The van der Waals surface area contributed by atoms with Gasteiger partial charge in [-0.05, 0) is 68.5 Å². The van der Waals surface area contributed by atoms with E-state index in [9.17, 15) is 0 Å². The van der Waals surface area contributed by atoms with Crippen LogP contribution in [0.2, 0.25) is 0 Å². The molecule has 1 aliphatic carbocycles. The summed E-state index contributed by atoms with van der Waals surface area (Å²) in [5.41, 5.74) is 9.02. The first kappa shape index (κ1) is 15.9. The first-order valence-electron chi connectivity index (χ1n) is 9.48. The normalized spacial score (nSPS) is 26.2. The molecule has 0 N–H and O–H groups in total. The maximum Gasteiger partial charge on any atom is 0.0130 e. The molecule has 2 aromatic rings. The van der Waals surface area contributed by atoms with Gasteiger partial charge in [-0.25, -0.2) is 0 Å². The van der Waals surface area contributed by atoms with Gasteiger partial charge in [0, 0.05) is 18.4 Å². The molecule has 1 heteroatoms. The van der Waals surface area contributed by atoms with E-state index in [1.54, 1.807) is 16.7 Å². The fraction of sp³-hybridized carbons (Fsp3) is 0.478. The van der Waals surface area contributed by atoms with Crippen LogP contribution in [0.1, 0.15) is 58.6 Å². The zero-order valence-corrected chi connectivity index (χ0v) is 15.5. The van der Waals surface area contributed by atoms with Crippen LogP contribution in [-0.4, -0.2) is 24.5 Å². The number of likely N-dealkylation sites (N-methyl/N-ethyl adjacent to an activating group) is 1. The first-order valence-corrected chi connectivity index (χ1v) is 9.48. The van der Waals surface area contributed by atoms with Crippen LogP contribution in [0.25, 0.3) is 0 Å². The molecule has 1 saturated heterocycles. The van der Waals surface area contributed by atoms with Gasteiger partial charge < -0.3 is 4.90 Å². The van der Waals surface area contributed by atoms with Crippen LogP contribution in [0, 0.1) is 26.7 Å². The van der Waals surface area contributed by atoms with E-state index in [2.05, 4.69) is 69.0 Å². The Labute approximate surface area is 146 Å².